The van der Waals surface area contributed by atoms with Gasteiger partial charge in [0.1, 0.15) is 11.6 Å². The van der Waals surface area contributed by atoms with Crippen LogP contribution in [0.3, 0.4) is 0 Å². The molecule has 0 bridgehead atoms. The van der Waals surface area contributed by atoms with Gasteiger partial charge in [-0.1, -0.05) is 32.2 Å². The number of allylic oxidation sites excluding steroid dienone is 1. The summed E-state index contributed by atoms with van der Waals surface area (Å²) in [5.41, 5.74) is 7.14. The molecule has 4 rings (SSSR count). The summed E-state index contributed by atoms with van der Waals surface area (Å²) in [5, 5.41) is 3.26. The topological polar surface area (TPSA) is 41.1 Å². The molecule has 2 aliphatic rings. The van der Waals surface area contributed by atoms with Gasteiger partial charge in [-0.25, -0.2) is 9.97 Å². The van der Waals surface area contributed by atoms with Crippen LogP contribution in [-0.4, -0.2) is 28.0 Å². The van der Waals surface area contributed by atoms with Gasteiger partial charge < -0.3 is 10.2 Å². The Kier molecular flexibility index (Phi) is 4.97. The first kappa shape index (κ1) is 17.8. The van der Waals surface area contributed by atoms with E-state index in [2.05, 4.69) is 53.5 Å². The standard InChI is InChI=1S/C23H28N4/c1-4-18-8-9-19(17(3)27-10-6-5-7-11-27)13-20(18)14-22-24-15-21-12-16(2)25-23(21)26-22/h8-9,13,15H,2-7,10-12,14H2,1H3,(H,24,25,26). The van der Waals surface area contributed by atoms with Crippen molar-refractivity contribution in [2.45, 2.75) is 45.4 Å². The van der Waals surface area contributed by atoms with Crippen LogP contribution in [0.5, 0.6) is 0 Å². The zero-order valence-electron chi connectivity index (χ0n) is 16.2. The molecule has 0 spiro atoms. The van der Waals surface area contributed by atoms with Crippen LogP contribution in [0.15, 0.2) is 43.3 Å². The van der Waals surface area contributed by atoms with Crippen molar-refractivity contribution in [3.63, 3.8) is 0 Å². The molecule has 0 saturated carbocycles. The molecule has 0 unspecified atom stereocenters. The third-order valence-electron chi connectivity index (χ3n) is 5.62. The summed E-state index contributed by atoms with van der Waals surface area (Å²) in [7, 11) is 0. The lowest BCUT2D eigenvalue weighted by molar-refractivity contribution is 0.326. The average molecular weight is 361 g/mol. The Labute approximate surface area is 162 Å². The molecule has 1 N–H and O–H groups in total. The van der Waals surface area contributed by atoms with Crippen molar-refractivity contribution >= 4 is 11.5 Å². The first-order chi connectivity index (χ1) is 13.1. The van der Waals surface area contributed by atoms with Gasteiger partial charge >= 0.3 is 0 Å². The van der Waals surface area contributed by atoms with Gasteiger partial charge in [-0.15, -0.1) is 0 Å². The molecule has 3 heterocycles. The van der Waals surface area contributed by atoms with Crippen LogP contribution >= 0.6 is 0 Å². The van der Waals surface area contributed by atoms with Crippen LogP contribution in [0.4, 0.5) is 5.82 Å². The summed E-state index contributed by atoms with van der Waals surface area (Å²) in [6, 6.07) is 6.75. The zero-order valence-corrected chi connectivity index (χ0v) is 16.2. The van der Waals surface area contributed by atoms with Gasteiger partial charge in [-0.2, -0.15) is 0 Å². The Balaban J connectivity index is 1.59. The van der Waals surface area contributed by atoms with E-state index in [9.17, 15) is 0 Å². The summed E-state index contributed by atoms with van der Waals surface area (Å²) in [5.74, 6) is 1.77. The molecule has 4 heteroatoms. The molecule has 0 radical (unpaired) electrons. The molecule has 0 aliphatic carbocycles. The second kappa shape index (κ2) is 7.55. The van der Waals surface area contributed by atoms with Crippen molar-refractivity contribution in [2.24, 2.45) is 0 Å². The number of aryl methyl sites for hydroxylation is 1. The Hall–Kier alpha value is -2.62. The van der Waals surface area contributed by atoms with E-state index in [1.807, 2.05) is 6.20 Å². The fourth-order valence-corrected chi connectivity index (χ4v) is 4.04. The monoisotopic (exact) mass is 360 g/mol. The Morgan fingerprint density at radius 1 is 1.19 bits per heavy atom. The van der Waals surface area contributed by atoms with Crippen molar-refractivity contribution in [3.05, 3.63) is 71.3 Å². The smallest absolute Gasteiger partial charge is 0.137 e. The zero-order chi connectivity index (χ0) is 18.8. The van der Waals surface area contributed by atoms with Crippen LogP contribution in [0.2, 0.25) is 0 Å². The first-order valence-electron chi connectivity index (χ1n) is 9.99. The number of benzene rings is 1. The number of nitrogens with one attached hydrogen (secondary N) is 1. The minimum absolute atomic E-state index is 0.742. The van der Waals surface area contributed by atoms with Crippen LogP contribution in [0, 0.1) is 0 Å². The number of anilines is 1. The quantitative estimate of drug-likeness (QED) is 0.848. The highest BCUT2D eigenvalue weighted by Gasteiger charge is 2.18. The molecule has 0 atom stereocenters. The van der Waals surface area contributed by atoms with E-state index in [1.54, 1.807) is 0 Å². The van der Waals surface area contributed by atoms with E-state index in [-0.39, 0.29) is 0 Å². The van der Waals surface area contributed by atoms with Gasteiger partial charge in [0.15, 0.2) is 0 Å². The van der Waals surface area contributed by atoms with Crippen molar-refractivity contribution in [2.75, 3.05) is 18.4 Å². The van der Waals surface area contributed by atoms with E-state index in [0.717, 1.165) is 61.0 Å². The number of nitrogens with zero attached hydrogens (tertiary/aromatic N) is 3. The van der Waals surface area contributed by atoms with Gasteiger partial charge in [-0.3, -0.25) is 0 Å². The van der Waals surface area contributed by atoms with E-state index in [1.165, 1.54) is 36.0 Å². The number of likely N-dealkylation sites (tertiary alicyclic amines) is 1. The Morgan fingerprint density at radius 2 is 2.00 bits per heavy atom. The van der Waals surface area contributed by atoms with E-state index in [4.69, 9.17) is 4.98 Å². The fourth-order valence-electron chi connectivity index (χ4n) is 4.04. The summed E-state index contributed by atoms with van der Waals surface area (Å²) >= 11 is 0. The summed E-state index contributed by atoms with van der Waals surface area (Å²) in [4.78, 5) is 11.7. The minimum atomic E-state index is 0.742. The molecular formula is C23H28N4. The molecule has 2 aliphatic heterocycles. The second-order valence-electron chi connectivity index (χ2n) is 7.57. The van der Waals surface area contributed by atoms with E-state index in [0.29, 0.717) is 0 Å². The third-order valence-corrected chi connectivity index (χ3v) is 5.62. The number of aromatic nitrogens is 2. The van der Waals surface area contributed by atoms with Crippen LogP contribution in [0.25, 0.3) is 5.70 Å². The van der Waals surface area contributed by atoms with Crippen LogP contribution < -0.4 is 5.32 Å². The summed E-state index contributed by atoms with van der Waals surface area (Å²) < 4.78 is 0. The van der Waals surface area contributed by atoms with Gasteiger partial charge in [0, 0.05) is 49.1 Å². The largest absolute Gasteiger partial charge is 0.372 e. The Bertz CT molecular complexity index is 878. The maximum atomic E-state index is 4.72. The molecule has 1 saturated heterocycles. The van der Waals surface area contributed by atoms with E-state index < -0.39 is 0 Å². The number of fused-ring (bicyclic) bond motifs is 1. The number of rotatable bonds is 5. The highest BCUT2D eigenvalue weighted by molar-refractivity contribution is 5.63. The van der Waals surface area contributed by atoms with Gasteiger partial charge in [0.2, 0.25) is 0 Å². The Morgan fingerprint density at radius 3 is 2.78 bits per heavy atom. The fraction of sp³-hybridized carbons (Fsp3) is 0.391. The highest BCUT2D eigenvalue weighted by Crippen LogP contribution is 2.27. The summed E-state index contributed by atoms with van der Waals surface area (Å²) in [6.45, 7) is 12.8. The molecule has 0 amide bonds. The molecular weight excluding hydrogens is 332 g/mol. The minimum Gasteiger partial charge on any atom is -0.372 e. The molecule has 27 heavy (non-hydrogen) atoms. The lowest BCUT2D eigenvalue weighted by Gasteiger charge is -2.31. The van der Waals surface area contributed by atoms with Gasteiger partial charge in [0.05, 0.1) is 0 Å². The molecule has 4 nitrogen and oxygen atoms in total. The number of piperidine rings is 1. The van der Waals surface area contributed by atoms with Crippen LogP contribution in [-0.2, 0) is 19.3 Å². The molecule has 1 aromatic heterocycles. The molecule has 1 aromatic carbocycles. The first-order valence-corrected chi connectivity index (χ1v) is 9.99. The normalized spacial score (nSPS) is 16.2. The van der Waals surface area contributed by atoms with Crippen molar-refractivity contribution in [1.29, 1.82) is 0 Å². The lowest BCUT2D eigenvalue weighted by atomic mass is 9.97. The van der Waals surface area contributed by atoms with Crippen LogP contribution in [0.1, 0.15) is 54.3 Å². The van der Waals surface area contributed by atoms with Gasteiger partial charge in [0.25, 0.3) is 0 Å². The number of hydrogen-bond donors (Lipinski definition) is 1. The molecule has 2 aromatic rings. The second-order valence-corrected chi connectivity index (χ2v) is 7.57. The predicted molar refractivity (Wildman–Crippen MR) is 112 cm³/mol. The average Bonchev–Trinajstić information content (AvgIpc) is 3.07. The predicted octanol–water partition coefficient (Wildman–Crippen LogP) is 4.57. The SMILES string of the molecule is C=C1Cc2cnc(Cc3cc(C(=C)N4CCCCC4)ccc3CC)nc2N1. The van der Waals surface area contributed by atoms with Gasteiger partial charge in [-0.05, 0) is 48.4 Å². The van der Waals surface area contributed by atoms with Crippen molar-refractivity contribution in [1.82, 2.24) is 14.9 Å². The molecule has 140 valence electrons. The lowest BCUT2D eigenvalue weighted by Crippen LogP contribution is -2.27. The summed E-state index contributed by atoms with van der Waals surface area (Å²) in [6.07, 6.45) is 8.36. The molecule has 1 fully saturated rings. The highest BCUT2D eigenvalue weighted by atomic mass is 15.1. The third kappa shape index (κ3) is 3.75. The maximum Gasteiger partial charge on any atom is 0.137 e. The van der Waals surface area contributed by atoms with E-state index >= 15 is 0 Å². The maximum absolute atomic E-state index is 4.72. The van der Waals surface area contributed by atoms with Crippen molar-refractivity contribution in [3.8, 4) is 0 Å². The number of hydrogen-bond acceptors (Lipinski definition) is 4. The van der Waals surface area contributed by atoms with Crippen molar-refractivity contribution < 1.29 is 0 Å².